The maximum atomic E-state index is 12.7. The second-order valence-corrected chi connectivity index (χ2v) is 8.33. The molecule has 2 aliphatic carbocycles. The predicted octanol–water partition coefficient (Wildman–Crippen LogP) is 3.61. The lowest BCUT2D eigenvalue weighted by Gasteiger charge is -2.50. The van der Waals surface area contributed by atoms with Crippen LogP contribution in [0.4, 0.5) is 11.4 Å². The Morgan fingerprint density at radius 3 is 2.50 bits per heavy atom. The molecule has 0 radical (unpaired) electrons. The number of amides is 2. The van der Waals surface area contributed by atoms with Crippen molar-refractivity contribution in [3.63, 3.8) is 0 Å². The molecular weight excluding hydrogens is 350 g/mol. The first-order valence-corrected chi connectivity index (χ1v) is 10.2. The summed E-state index contributed by atoms with van der Waals surface area (Å²) in [5.41, 5.74) is 1.77. The Balaban J connectivity index is 1.23. The van der Waals surface area contributed by atoms with Crippen molar-refractivity contribution in [3.05, 3.63) is 60.2 Å². The number of hydrogen-bond acceptors (Lipinski definition) is 3. The number of benzene rings is 2. The molecule has 0 aromatic heterocycles. The Bertz CT molecular complexity index is 896. The van der Waals surface area contributed by atoms with Crippen molar-refractivity contribution in [1.82, 2.24) is 4.90 Å². The van der Waals surface area contributed by atoms with Gasteiger partial charge in [-0.05, 0) is 61.3 Å². The van der Waals surface area contributed by atoms with Gasteiger partial charge < -0.3 is 10.6 Å². The summed E-state index contributed by atoms with van der Waals surface area (Å²) < 4.78 is 0. The molecule has 4 atom stereocenters. The predicted molar refractivity (Wildman–Crippen MR) is 109 cm³/mol. The van der Waals surface area contributed by atoms with Crippen molar-refractivity contribution in [1.29, 1.82) is 0 Å². The molecule has 5 nitrogen and oxygen atoms in total. The second-order valence-electron chi connectivity index (χ2n) is 8.33. The first-order chi connectivity index (χ1) is 13.7. The minimum absolute atomic E-state index is 0.0406. The van der Waals surface area contributed by atoms with Crippen LogP contribution in [0.15, 0.2) is 54.6 Å². The molecular formula is C23H25N3O2. The van der Waals surface area contributed by atoms with E-state index in [2.05, 4.69) is 15.5 Å². The van der Waals surface area contributed by atoms with Gasteiger partial charge >= 0.3 is 0 Å². The van der Waals surface area contributed by atoms with Gasteiger partial charge in [-0.3, -0.25) is 14.5 Å². The van der Waals surface area contributed by atoms with Crippen molar-refractivity contribution >= 4 is 23.2 Å². The fraction of sp³-hybridized carbons (Fsp3) is 0.391. The molecule has 2 bridgehead atoms. The molecule has 3 fully saturated rings. The molecule has 0 spiro atoms. The van der Waals surface area contributed by atoms with Gasteiger partial charge in [-0.25, -0.2) is 0 Å². The molecule has 1 heterocycles. The zero-order valence-corrected chi connectivity index (χ0v) is 15.8. The summed E-state index contributed by atoms with van der Waals surface area (Å²) in [5, 5.41) is 5.84. The summed E-state index contributed by atoms with van der Waals surface area (Å²) in [4.78, 5) is 27.7. The van der Waals surface area contributed by atoms with Gasteiger partial charge in [0.05, 0.1) is 17.8 Å². The van der Waals surface area contributed by atoms with E-state index in [1.165, 1.54) is 19.3 Å². The van der Waals surface area contributed by atoms with Crippen LogP contribution in [-0.2, 0) is 4.79 Å². The van der Waals surface area contributed by atoms with Gasteiger partial charge in [0, 0.05) is 18.3 Å². The van der Waals surface area contributed by atoms with Crippen molar-refractivity contribution in [2.75, 3.05) is 23.7 Å². The zero-order chi connectivity index (χ0) is 19.1. The molecule has 3 aliphatic rings. The molecule has 2 aromatic rings. The number of hydrogen-bond donors (Lipinski definition) is 2. The Morgan fingerprint density at radius 2 is 1.68 bits per heavy atom. The van der Waals surface area contributed by atoms with Gasteiger partial charge in [-0.1, -0.05) is 30.3 Å². The van der Waals surface area contributed by atoms with E-state index in [1.807, 2.05) is 42.5 Å². The fourth-order valence-electron chi connectivity index (χ4n) is 5.51. The van der Waals surface area contributed by atoms with E-state index in [4.69, 9.17) is 0 Å². The Kier molecular flexibility index (Phi) is 4.40. The minimum Gasteiger partial charge on any atom is -0.324 e. The van der Waals surface area contributed by atoms with E-state index in [-0.39, 0.29) is 11.8 Å². The van der Waals surface area contributed by atoms with Gasteiger partial charge in [0.1, 0.15) is 0 Å². The molecule has 28 heavy (non-hydrogen) atoms. The number of likely N-dealkylation sites (tertiary alicyclic amines) is 1. The molecule has 1 saturated heterocycles. The van der Waals surface area contributed by atoms with Crippen LogP contribution in [0.25, 0.3) is 0 Å². The second kappa shape index (κ2) is 7.06. The Labute approximate surface area is 165 Å². The SMILES string of the molecule is O=C(CN1C[C@H]2[C@H]3CC[C@@H](C3)[C@@H]21)Nc1ccccc1C(=O)Nc1ccccc1. The number of para-hydroxylation sites is 2. The lowest BCUT2D eigenvalue weighted by atomic mass is 9.77. The fourth-order valence-corrected chi connectivity index (χ4v) is 5.51. The van der Waals surface area contributed by atoms with E-state index in [9.17, 15) is 9.59 Å². The average molecular weight is 375 g/mol. The normalized spacial score (nSPS) is 27.7. The molecule has 1 aliphatic heterocycles. The molecule has 2 N–H and O–H groups in total. The number of rotatable bonds is 5. The van der Waals surface area contributed by atoms with Crippen LogP contribution in [0.5, 0.6) is 0 Å². The third kappa shape index (κ3) is 3.10. The minimum atomic E-state index is -0.223. The lowest BCUT2D eigenvalue weighted by Crippen LogP contribution is -2.60. The number of nitrogens with zero attached hydrogens (tertiary/aromatic N) is 1. The van der Waals surface area contributed by atoms with E-state index < -0.39 is 0 Å². The van der Waals surface area contributed by atoms with Crippen LogP contribution >= 0.6 is 0 Å². The Morgan fingerprint density at radius 1 is 0.929 bits per heavy atom. The van der Waals surface area contributed by atoms with Crippen LogP contribution in [0.3, 0.4) is 0 Å². The number of carbonyl (C=O) groups excluding carboxylic acids is 2. The first-order valence-electron chi connectivity index (χ1n) is 10.2. The summed E-state index contributed by atoms with van der Waals surface area (Å²) in [5.74, 6) is 2.24. The summed E-state index contributed by atoms with van der Waals surface area (Å²) in [7, 11) is 0. The zero-order valence-electron chi connectivity index (χ0n) is 15.8. The summed E-state index contributed by atoms with van der Waals surface area (Å²) in [6.45, 7) is 1.47. The maximum Gasteiger partial charge on any atom is 0.257 e. The molecule has 2 saturated carbocycles. The summed E-state index contributed by atoms with van der Waals surface area (Å²) >= 11 is 0. The van der Waals surface area contributed by atoms with Crippen molar-refractivity contribution in [2.24, 2.45) is 17.8 Å². The Hall–Kier alpha value is -2.66. The summed E-state index contributed by atoms with van der Waals surface area (Å²) in [6, 6.07) is 17.1. The third-order valence-corrected chi connectivity index (χ3v) is 6.73. The van der Waals surface area contributed by atoms with Gasteiger partial charge in [0.25, 0.3) is 5.91 Å². The van der Waals surface area contributed by atoms with Crippen molar-refractivity contribution in [2.45, 2.75) is 25.3 Å². The molecule has 0 unspecified atom stereocenters. The quantitative estimate of drug-likeness (QED) is 0.839. The largest absolute Gasteiger partial charge is 0.324 e. The number of fused-ring (bicyclic) bond motifs is 5. The van der Waals surface area contributed by atoms with Gasteiger partial charge in [-0.2, -0.15) is 0 Å². The van der Waals surface area contributed by atoms with Crippen LogP contribution < -0.4 is 10.6 Å². The van der Waals surface area contributed by atoms with E-state index in [1.54, 1.807) is 12.1 Å². The highest BCUT2D eigenvalue weighted by Gasteiger charge is 2.56. The van der Waals surface area contributed by atoms with Gasteiger partial charge in [0.15, 0.2) is 0 Å². The van der Waals surface area contributed by atoms with E-state index in [0.717, 1.165) is 30.0 Å². The van der Waals surface area contributed by atoms with E-state index >= 15 is 0 Å². The van der Waals surface area contributed by atoms with Crippen LogP contribution in [0, 0.1) is 17.8 Å². The van der Waals surface area contributed by atoms with Gasteiger partial charge in [0.2, 0.25) is 5.91 Å². The van der Waals surface area contributed by atoms with Gasteiger partial charge in [-0.15, -0.1) is 0 Å². The third-order valence-electron chi connectivity index (χ3n) is 6.73. The van der Waals surface area contributed by atoms with Crippen molar-refractivity contribution in [3.8, 4) is 0 Å². The van der Waals surface area contributed by atoms with Crippen LogP contribution in [0.1, 0.15) is 29.6 Å². The smallest absolute Gasteiger partial charge is 0.257 e. The highest BCUT2D eigenvalue weighted by molar-refractivity contribution is 6.10. The topological polar surface area (TPSA) is 61.4 Å². The molecule has 2 aromatic carbocycles. The average Bonchev–Trinajstić information content (AvgIpc) is 3.24. The van der Waals surface area contributed by atoms with Crippen LogP contribution in [0.2, 0.25) is 0 Å². The molecule has 2 amide bonds. The monoisotopic (exact) mass is 375 g/mol. The highest BCUT2D eigenvalue weighted by atomic mass is 16.2. The maximum absolute atomic E-state index is 12.7. The lowest BCUT2D eigenvalue weighted by molar-refractivity contribution is -0.122. The summed E-state index contributed by atoms with van der Waals surface area (Å²) in [6.07, 6.45) is 4.07. The molecule has 144 valence electrons. The highest BCUT2D eigenvalue weighted by Crippen LogP contribution is 2.55. The number of nitrogens with one attached hydrogen (secondary N) is 2. The number of carbonyl (C=O) groups is 2. The van der Waals surface area contributed by atoms with E-state index in [0.29, 0.717) is 23.8 Å². The number of anilines is 2. The standard InChI is InChI=1S/C23H25N3O2/c27-21(14-26-13-19-15-10-11-16(12-15)22(19)26)25-20-9-5-4-8-18(20)23(28)24-17-6-2-1-3-7-17/h1-9,15-16,19,22H,10-14H2,(H,24,28)(H,25,27)/t15-,16-,19-,22-/m0/s1. The molecule has 5 heteroatoms. The van der Waals surface area contributed by atoms with Crippen LogP contribution in [-0.4, -0.2) is 35.8 Å². The first kappa shape index (κ1) is 17.4. The van der Waals surface area contributed by atoms with Crippen molar-refractivity contribution < 1.29 is 9.59 Å². The molecule has 5 rings (SSSR count).